The number of urea groups is 1. The first kappa shape index (κ1) is 6.97. The van der Waals surface area contributed by atoms with Crippen LogP contribution in [0.5, 0.6) is 0 Å². The van der Waals surface area contributed by atoms with Gasteiger partial charge in [0.15, 0.2) is 0 Å². The average molecular weight is 158 g/mol. The van der Waals surface area contributed by atoms with Crippen molar-refractivity contribution >= 4 is 22.5 Å². The van der Waals surface area contributed by atoms with E-state index in [-0.39, 0.29) is 0 Å². The van der Waals surface area contributed by atoms with Gasteiger partial charge in [-0.15, -0.1) is 11.3 Å². The number of rotatable bonds is 1. The van der Waals surface area contributed by atoms with E-state index >= 15 is 0 Å². The Balaban J connectivity index is 2.77. The number of carbonyl (C=O) groups is 1. The van der Waals surface area contributed by atoms with Gasteiger partial charge in [0.1, 0.15) is 0 Å². The van der Waals surface area contributed by atoms with E-state index < -0.39 is 6.03 Å². The maximum absolute atomic E-state index is 10.4. The number of hydrogen-bond donors (Lipinski definition) is 2. The normalized spacial score (nSPS) is 9.30. The van der Waals surface area contributed by atoms with Gasteiger partial charge in [0, 0.05) is 11.6 Å². The van der Waals surface area contributed by atoms with Crippen LogP contribution >= 0.6 is 11.3 Å². The predicted octanol–water partition coefficient (Wildman–Crippen LogP) is -0.0981. The van der Waals surface area contributed by atoms with E-state index in [1.54, 1.807) is 11.6 Å². The Morgan fingerprint density at radius 3 is 2.90 bits per heavy atom. The molecule has 5 nitrogen and oxygen atoms in total. The highest BCUT2D eigenvalue weighted by Gasteiger charge is 2.07. The van der Waals surface area contributed by atoms with E-state index in [9.17, 15) is 4.79 Å². The van der Waals surface area contributed by atoms with Crippen molar-refractivity contribution in [3.63, 3.8) is 0 Å². The van der Waals surface area contributed by atoms with Gasteiger partial charge in [0.2, 0.25) is 5.13 Å². The van der Waals surface area contributed by atoms with Crippen LogP contribution in [0.4, 0.5) is 9.93 Å². The Morgan fingerprint density at radius 1 is 1.80 bits per heavy atom. The summed E-state index contributed by atoms with van der Waals surface area (Å²) in [4.78, 5) is 14.1. The standard InChI is InChI=1S/C4H6N4OS/c5-3(9)8(6)4-7-1-2-10-4/h1-2H,6H2,(H2,5,9). The largest absolute Gasteiger partial charge is 0.350 e. The summed E-state index contributed by atoms with van der Waals surface area (Å²) in [7, 11) is 0. The van der Waals surface area contributed by atoms with Gasteiger partial charge >= 0.3 is 6.03 Å². The van der Waals surface area contributed by atoms with Gasteiger partial charge in [0.25, 0.3) is 0 Å². The molecule has 0 atom stereocenters. The first-order valence-corrected chi connectivity index (χ1v) is 3.33. The molecular formula is C4H6N4OS. The molecule has 2 amide bonds. The fraction of sp³-hybridized carbons (Fsp3) is 0. The molecule has 0 radical (unpaired) electrons. The Hall–Kier alpha value is -1.14. The van der Waals surface area contributed by atoms with Crippen molar-refractivity contribution in [2.45, 2.75) is 0 Å². The summed E-state index contributed by atoms with van der Waals surface area (Å²) in [5.74, 6) is 5.19. The molecule has 54 valence electrons. The Kier molecular flexibility index (Phi) is 1.83. The maximum Gasteiger partial charge on any atom is 0.335 e. The number of hydrogen-bond acceptors (Lipinski definition) is 4. The lowest BCUT2D eigenvalue weighted by atomic mass is 10.9. The van der Waals surface area contributed by atoms with Crippen molar-refractivity contribution in [1.29, 1.82) is 0 Å². The van der Waals surface area contributed by atoms with Crippen LogP contribution in [0, 0.1) is 0 Å². The molecule has 0 aliphatic heterocycles. The maximum atomic E-state index is 10.4. The van der Waals surface area contributed by atoms with E-state index in [1.165, 1.54) is 11.3 Å². The summed E-state index contributed by atoms with van der Waals surface area (Å²) in [6.45, 7) is 0. The number of aromatic nitrogens is 1. The van der Waals surface area contributed by atoms with Crippen molar-refractivity contribution < 1.29 is 4.79 Å². The summed E-state index contributed by atoms with van der Waals surface area (Å²) >= 11 is 1.25. The average Bonchev–Trinajstić information content (AvgIpc) is 2.36. The molecule has 0 aromatic carbocycles. The van der Waals surface area contributed by atoms with Crippen LogP contribution in [0.1, 0.15) is 0 Å². The topological polar surface area (TPSA) is 85.2 Å². The Labute approximate surface area is 61.2 Å². The highest BCUT2D eigenvalue weighted by atomic mass is 32.1. The zero-order chi connectivity index (χ0) is 7.56. The van der Waals surface area contributed by atoms with Gasteiger partial charge in [-0.2, -0.15) is 0 Å². The summed E-state index contributed by atoms with van der Waals surface area (Å²) in [5, 5.41) is 2.90. The first-order chi connectivity index (χ1) is 4.72. The lowest BCUT2D eigenvalue weighted by Crippen LogP contribution is -2.41. The quantitative estimate of drug-likeness (QED) is 0.340. The second-order valence-electron chi connectivity index (χ2n) is 1.52. The third kappa shape index (κ3) is 1.23. The number of nitrogens with two attached hydrogens (primary N) is 2. The van der Waals surface area contributed by atoms with Gasteiger partial charge in [0.05, 0.1) is 0 Å². The summed E-state index contributed by atoms with van der Waals surface area (Å²) in [6.07, 6.45) is 1.54. The molecule has 4 N–H and O–H groups in total. The molecule has 10 heavy (non-hydrogen) atoms. The zero-order valence-electron chi connectivity index (χ0n) is 5.02. The fourth-order valence-electron chi connectivity index (χ4n) is 0.429. The van der Waals surface area contributed by atoms with Gasteiger partial charge in [-0.25, -0.2) is 20.6 Å². The third-order valence-corrected chi connectivity index (χ3v) is 1.63. The van der Waals surface area contributed by atoms with Crippen LogP contribution in [-0.4, -0.2) is 11.0 Å². The number of hydrazine groups is 1. The van der Waals surface area contributed by atoms with Gasteiger partial charge in [-0.3, -0.25) is 0 Å². The first-order valence-electron chi connectivity index (χ1n) is 2.45. The number of carbonyl (C=O) groups excluding carboxylic acids is 1. The summed E-state index contributed by atoms with van der Waals surface area (Å²) < 4.78 is 0. The van der Waals surface area contributed by atoms with Crippen LogP contribution < -0.4 is 16.6 Å². The van der Waals surface area contributed by atoms with Gasteiger partial charge < -0.3 is 5.73 Å². The van der Waals surface area contributed by atoms with Crippen LogP contribution in [0.25, 0.3) is 0 Å². The van der Waals surface area contributed by atoms with Crippen LogP contribution in [0.2, 0.25) is 0 Å². The monoisotopic (exact) mass is 158 g/mol. The minimum atomic E-state index is -0.713. The molecule has 0 aliphatic rings. The van der Waals surface area contributed by atoms with Crippen molar-refractivity contribution in [3.05, 3.63) is 11.6 Å². The lowest BCUT2D eigenvalue weighted by Gasteiger charge is -2.07. The lowest BCUT2D eigenvalue weighted by molar-refractivity contribution is 0.254. The molecule has 1 heterocycles. The molecule has 0 unspecified atom stereocenters. The number of primary amides is 1. The minimum absolute atomic E-state index is 0.396. The number of thiazole rings is 1. The molecule has 6 heteroatoms. The van der Waals surface area contributed by atoms with Crippen LogP contribution in [-0.2, 0) is 0 Å². The molecule has 0 bridgehead atoms. The van der Waals surface area contributed by atoms with Crippen molar-refractivity contribution in [3.8, 4) is 0 Å². The van der Waals surface area contributed by atoms with Crippen molar-refractivity contribution in [1.82, 2.24) is 4.98 Å². The highest BCUT2D eigenvalue weighted by molar-refractivity contribution is 7.13. The predicted molar refractivity (Wildman–Crippen MR) is 38.4 cm³/mol. The fourth-order valence-corrected chi connectivity index (χ4v) is 0.998. The molecule has 0 fully saturated rings. The minimum Gasteiger partial charge on any atom is -0.350 e. The molecule has 0 spiro atoms. The van der Waals surface area contributed by atoms with Crippen LogP contribution in [0.15, 0.2) is 11.6 Å². The molecule has 1 aromatic heterocycles. The SMILES string of the molecule is NC(=O)N(N)c1nccs1. The smallest absolute Gasteiger partial charge is 0.335 e. The van der Waals surface area contributed by atoms with Gasteiger partial charge in [-0.05, 0) is 0 Å². The van der Waals surface area contributed by atoms with Crippen molar-refractivity contribution in [2.24, 2.45) is 11.6 Å². The van der Waals surface area contributed by atoms with E-state index in [2.05, 4.69) is 4.98 Å². The molecular weight excluding hydrogens is 152 g/mol. The number of nitrogens with zero attached hydrogens (tertiary/aromatic N) is 2. The Bertz CT molecular complexity index is 221. The second-order valence-corrected chi connectivity index (χ2v) is 2.40. The second kappa shape index (κ2) is 2.63. The van der Waals surface area contributed by atoms with Gasteiger partial charge in [-0.1, -0.05) is 0 Å². The Morgan fingerprint density at radius 2 is 2.50 bits per heavy atom. The molecule has 0 saturated carbocycles. The number of amides is 2. The van der Waals surface area contributed by atoms with Crippen LogP contribution in [0.3, 0.4) is 0 Å². The van der Waals surface area contributed by atoms with E-state index in [0.717, 1.165) is 5.01 Å². The number of anilines is 1. The summed E-state index contributed by atoms with van der Waals surface area (Å²) in [5.41, 5.74) is 4.86. The zero-order valence-corrected chi connectivity index (χ0v) is 5.84. The highest BCUT2D eigenvalue weighted by Crippen LogP contribution is 2.12. The van der Waals surface area contributed by atoms with Crippen molar-refractivity contribution in [2.75, 3.05) is 5.01 Å². The van der Waals surface area contributed by atoms with E-state index in [0.29, 0.717) is 5.13 Å². The molecule has 1 aromatic rings. The third-order valence-electron chi connectivity index (χ3n) is 0.863. The van der Waals surface area contributed by atoms with E-state index in [4.69, 9.17) is 11.6 Å². The molecule has 0 aliphatic carbocycles. The summed E-state index contributed by atoms with van der Waals surface area (Å²) in [6, 6.07) is -0.713. The van der Waals surface area contributed by atoms with E-state index in [1.807, 2.05) is 0 Å². The molecule has 1 rings (SSSR count). The molecule has 0 saturated heterocycles.